The van der Waals surface area contributed by atoms with Gasteiger partial charge in [-0.1, -0.05) is 0 Å². The van der Waals surface area contributed by atoms with Crippen LogP contribution in [0.2, 0.25) is 0 Å². The number of aromatic amines is 1. The van der Waals surface area contributed by atoms with Gasteiger partial charge in [-0.15, -0.1) is 0 Å². The molecule has 2 nitrogen and oxygen atoms in total. The molecule has 62 valence electrons. The van der Waals surface area contributed by atoms with E-state index < -0.39 is 11.6 Å². The Kier molecular flexibility index (Phi) is 1.36. The summed E-state index contributed by atoms with van der Waals surface area (Å²) in [6, 6.07) is 2.09. The van der Waals surface area contributed by atoms with Crippen molar-refractivity contribution in [2.75, 3.05) is 0 Å². The number of nitrogens with one attached hydrogen (secondary N) is 1. The fourth-order valence-electron chi connectivity index (χ4n) is 1.17. The molecule has 12 heavy (non-hydrogen) atoms. The first kappa shape index (κ1) is 7.21. The van der Waals surface area contributed by atoms with Crippen LogP contribution in [0.5, 0.6) is 0 Å². The van der Waals surface area contributed by atoms with E-state index in [1.807, 2.05) is 0 Å². The van der Waals surface area contributed by atoms with Gasteiger partial charge < -0.3 is 0 Å². The molecule has 2 aromatic rings. The lowest BCUT2D eigenvalue weighted by molar-refractivity contribution is 0.590. The summed E-state index contributed by atoms with van der Waals surface area (Å²) >= 11 is 0. The van der Waals surface area contributed by atoms with Gasteiger partial charge in [-0.05, 0) is 13.0 Å². The average molecular weight is 168 g/mol. The van der Waals surface area contributed by atoms with Crippen LogP contribution in [0.1, 0.15) is 5.69 Å². The predicted molar refractivity (Wildman–Crippen MR) is 40.7 cm³/mol. The molecule has 1 N–H and O–H groups in total. The molecule has 0 bridgehead atoms. The number of hydrogen-bond donors (Lipinski definition) is 1. The molecule has 2 rings (SSSR count). The summed E-state index contributed by atoms with van der Waals surface area (Å²) in [7, 11) is 0. The Morgan fingerprint density at radius 1 is 1.33 bits per heavy atom. The standard InChI is InChI=1S/C8H6F2N2/c1-4-6-2-5(9)3-7(10)8(6)12-11-4/h2-3H,1H3,(H,11,12). The topological polar surface area (TPSA) is 28.7 Å². The first-order chi connectivity index (χ1) is 5.68. The summed E-state index contributed by atoms with van der Waals surface area (Å²) in [4.78, 5) is 0. The zero-order valence-electron chi connectivity index (χ0n) is 6.36. The molecule has 1 aromatic carbocycles. The predicted octanol–water partition coefficient (Wildman–Crippen LogP) is 2.15. The van der Waals surface area contributed by atoms with Crippen molar-refractivity contribution in [3.63, 3.8) is 0 Å². The Labute approximate surface area is 67.2 Å². The molecule has 0 saturated carbocycles. The molecule has 1 aromatic heterocycles. The van der Waals surface area contributed by atoms with Gasteiger partial charge in [0, 0.05) is 11.5 Å². The monoisotopic (exact) mass is 168 g/mol. The van der Waals surface area contributed by atoms with E-state index in [2.05, 4.69) is 10.2 Å². The molecule has 0 unspecified atom stereocenters. The highest BCUT2D eigenvalue weighted by atomic mass is 19.1. The van der Waals surface area contributed by atoms with Crippen LogP contribution in [0.4, 0.5) is 8.78 Å². The summed E-state index contributed by atoms with van der Waals surface area (Å²) in [5, 5.41) is 6.75. The second-order valence-electron chi connectivity index (χ2n) is 2.62. The molecule has 0 aliphatic heterocycles. The first-order valence-electron chi connectivity index (χ1n) is 3.48. The van der Waals surface area contributed by atoms with Gasteiger partial charge in [-0.2, -0.15) is 5.10 Å². The number of halogens is 2. The van der Waals surface area contributed by atoms with E-state index in [0.717, 1.165) is 6.07 Å². The van der Waals surface area contributed by atoms with Crippen LogP contribution in [-0.2, 0) is 0 Å². The summed E-state index contributed by atoms with van der Waals surface area (Å²) in [5.74, 6) is -1.19. The molecular formula is C8H6F2N2. The van der Waals surface area contributed by atoms with E-state index in [9.17, 15) is 8.78 Å². The largest absolute Gasteiger partial charge is 0.275 e. The highest BCUT2D eigenvalue weighted by Crippen LogP contribution is 2.19. The van der Waals surface area contributed by atoms with Gasteiger partial charge in [0.15, 0.2) is 5.82 Å². The fraction of sp³-hybridized carbons (Fsp3) is 0.125. The van der Waals surface area contributed by atoms with Crippen LogP contribution >= 0.6 is 0 Å². The van der Waals surface area contributed by atoms with Crippen molar-refractivity contribution in [1.82, 2.24) is 10.2 Å². The van der Waals surface area contributed by atoms with E-state index in [1.165, 1.54) is 6.07 Å². The second-order valence-corrected chi connectivity index (χ2v) is 2.62. The SMILES string of the molecule is Cc1n[nH]c2c(F)cc(F)cc12. The summed E-state index contributed by atoms with van der Waals surface area (Å²) < 4.78 is 25.6. The zero-order valence-corrected chi connectivity index (χ0v) is 6.36. The number of nitrogens with zero attached hydrogens (tertiary/aromatic N) is 1. The van der Waals surface area contributed by atoms with Crippen molar-refractivity contribution < 1.29 is 8.78 Å². The minimum absolute atomic E-state index is 0.258. The molecule has 0 radical (unpaired) electrons. The molecule has 0 spiro atoms. The van der Waals surface area contributed by atoms with Crippen molar-refractivity contribution in [3.05, 3.63) is 29.5 Å². The second kappa shape index (κ2) is 2.27. The molecular weight excluding hydrogens is 162 g/mol. The Morgan fingerprint density at radius 2 is 2.08 bits per heavy atom. The maximum atomic E-state index is 12.9. The van der Waals surface area contributed by atoms with Crippen LogP contribution in [0.15, 0.2) is 12.1 Å². The van der Waals surface area contributed by atoms with E-state index >= 15 is 0 Å². The third kappa shape index (κ3) is 0.879. The quantitative estimate of drug-likeness (QED) is 0.641. The molecule has 0 aliphatic rings. The van der Waals surface area contributed by atoms with Crippen LogP contribution in [0.3, 0.4) is 0 Å². The van der Waals surface area contributed by atoms with Gasteiger partial charge in [0.05, 0.1) is 5.69 Å². The van der Waals surface area contributed by atoms with Crippen molar-refractivity contribution in [2.24, 2.45) is 0 Å². The Balaban J connectivity index is 2.92. The van der Waals surface area contributed by atoms with E-state index in [4.69, 9.17) is 0 Å². The highest BCUT2D eigenvalue weighted by Gasteiger charge is 2.07. The normalized spacial score (nSPS) is 10.9. The highest BCUT2D eigenvalue weighted by molar-refractivity contribution is 5.81. The van der Waals surface area contributed by atoms with E-state index in [0.29, 0.717) is 11.1 Å². The Morgan fingerprint density at radius 3 is 2.83 bits per heavy atom. The van der Waals surface area contributed by atoms with Crippen LogP contribution in [-0.4, -0.2) is 10.2 Å². The summed E-state index contributed by atoms with van der Waals surface area (Å²) in [5.41, 5.74) is 0.859. The minimum atomic E-state index is -0.606. The number of aryl methyl sites for hydroxylation is 1. The van der Waals surface area contributed by atoms with E-state index in [1.54, 1.807) is 6.92 Å². The summed E-state index contributed by atoms with van der Waals surface area (Å²) in [6.07, 6.45) is 0. The lowest BCUT2D eigenvalue weighted by atomic mass is 10.2. The maximum Gasteiger partial charge on any atom is 0.151 e. The number of fused-ring (bicyclic) bond motifs is 1. The van der Waals surface area contributed by atoms with Gasteiger partial charge in [0.25, 0.3) is 0 Å². The third-order valence-corrected chi connectivity index (χ3v) is 1.78. The first-order valence-corrected chi connectivity index (χ1v) is 3.48. The average Bonchev–Trinajstić information content (AvgIpc) is 2.33. The van der Waals surface area contributed by atoms with Crippen molar-refractivity contribution >= 4 is 10.9 Å². The molecule has 0 amide bonds. The molecule has 0 aliphatic carbocycles. The van der Waals surface area contributed by atoms with Gasteiger partial charge in [0.2, 0.25) is 0 Å². The Bertz CT molecular complexity index is 434. The molecule has 0 atom stereocenters. The minimum Gasteiger partial charge on any atom is -0.275 e. The number of rotatable bonds is 0. The smallest absolute Gasteiger partial charge is 0.151 e. The van der Waals surface area contributed by atoms with Gasteiger partial charge in [0.1, 0.15) is 11.3 Å². The van der Waals surface area contributed by atoms with Gasteiger partial charge >= 0.3 is 0 Å². The van der Waals surface area contributed by atoms with E-state index in [-0.39, 0.29) is 5.52 Å². The third-order valence-electron chi connectivity index (χ3n) is 1.78. The van der Waals surface area contributed by atoms with Gasteiger partial charge in [-0.3, -0.25) is 5.10 Å². The molecule has 4 heteroatoms. The van der Waals surface area contributed by atoms with Crippen molar-refractivity contribution in [2.45, 2.75) is 6.92 Å². The number of aromatic nitrogens is 2. The lowest BCUT2D eigenvalue weighted by Gasteiger charge is -1.92. The number of H-pyrrole nitrogens is 1. The zero-order chi connectivity index (χ0) is 8.72. The fourth-order valence-corrected chi connectivity index (χ4v) is 1.17. The van der Waals surface area contributed by atoms with Crippen LogP contribution in [0, 0.1) is 18.6 Å². The number of benzene rings is 1. The summed E-state index contributed by atoms with van der Waals surface area (Å²) in [6.45, 7) is 1.69. The maximum absolute atomic E-state index is 12.9. The molecule has 0 fully saturated rings. The molecule has 0 saturated heterocycles. The van der Waals surface area contributed by atoms with Crippen molar-refractivity contribution in [3.8, 4) is 0 Å². The van der Waals surface area contributed by atoms with Crippen molar-refractivity contribution in [1.29, 1.82) is 0 Å². The molecule has 1 heterocycles. The Hall–Kier alpha value is -1.45. The van der Waals surface area contributed by atoms with Crippen LogP contribution < -0.4 is 0 Å². The number of hydrogen-bond acceptors (Lipinski definition) is 1. The lowest BCUT2D eigenvalue weighted by Crippen LogP contribution is -1.81. The van der Waals surface area contributed by atoms with Gasteiger partial charge in [-0.25, -0.2) is 8.78 Å². The van der Waals surface area contributed by atoms with Crippen LogP contribution in [0.25, 0.3) is 10.9 Å².